The number of fused-ring (bicyclic) bond motifs is 4. The van der Waals surface area contributed by atoms with Crippen molar-refractivity contribution >= 4 is 44.6 Å². The standard InChI is InChI=1S/C33H23NO/c1-3-23-24(4-2)32(28-19-10-9-18-27(28)31(23)22-14-6-5-7-15-22)34-30-21-13-12-17-26(30)25-16-8-11-20-29(25)33(34)35/h3-21H,1-2H2. The van der Waals surface area contributed by atoms with E-state index in [2.05, 4.69) is 43.5 Å². The van der Waals surface area contributed by atoms with Crippen molar-refractivity contribution in [2.24, 2.45) is 0 Å². The van der Waals surface area contributed by atoms with Crippen molar-refractivity contribution in [3.05, 3.63) is 138 Å². The second-order valence-electron chi connectivity index (χ2n) is 8.57. The van der Waals surface area contributed by atoms with E-state index in [0.717, 1.165) is 55.0 Å². The van der Waals surface area contributed by atoms with Crippen LogP contribution in [0.25, 0.3) is 61.4 Å². The van der Waals surface area contributed by atoms with Crippen LogP contribution >= 0.6 is 0 Å². The summed E-state index contributed by atoms with van der Waals surface area (Å²) < 4.78 is 1.86. The lowest BCUT2D eigenvalue weighted by Gasteiger charge is -2.22. The van der Waals surface area contributed by atoms with E-state index in [1.807, 2.05) is 89.5 Å². The summed E-state index contributed by atoms with van der Waals surface area (Å²) in [4.78, 5) is 14.1. The van der Waals surface area contributed by atoms with Gasteiger partial charge in [-0.2, -0.15) is 0 Å². The Morgan fingerprint density at radius 1 is 0.543 bits per heavy atom. The van der Waals surface area contributed by atoms with E-state index < -0.39 is 0 Å². The largest absolute Gasteiger partial charge is 0.275 e. The number of hydrogen-bond acceptors (Lipinski definition) is 1. The Morgan fingerprint density at radius 2 is 1.09 bits per heavy atom. The van der Waals surface area contributed by atoms with Crippen LogP contribution in [0, 0.1) is 0 Å². The van der Waals surface area contributed by atoms with E-state index in [1.165, 1.54) is 0 Å². The monoisotopic (exact) mass is 449 g/mol. The van der Waals surface area contributed by atoms with Gasteiger partial charge in [0.05, 0.1) is 11.2 Å². The van der Waals surface area contributed by atoms with Gasteiger partial charge in [-0.15, -0.1) is 0 Å². The molecule has 1 heterocycles. The highest BCUT2D eigenvalue weighted by atomic mass is 16.1. The third-order valence-corrected chi connectivity index (χ3v) is 6.76. The van der Waals surface area contributed by atoms with Crippen LogP contribution < -0.4 is 5.56 Å². The minimum absolute atomic E-state index is 0.0463. The summed E-state index contributed by atoms with van der Waals surface area (Å²) in [5, 5.41) is 4.75. The average molecular weight is 450 g/mol. The maximum absolute atomic E-state index is 14.1. The van der Waals surface area contributed by atoms with E-state index in [4.69, 9.17) is 0 Å². The minimum atomic E-state index is -0.0463. The molecule has 6 aromatic rings. The highest BCUT2D eigenvalue weighted by molar-refractivity contribution is 6.11. The zero-order valence-corrected chi connectivity index (χ0v) is 19.2. The number of rotatable bonds is 4. The van der Waals surface area contributed by atoms with Crippen molar-refractivity contribution in [2.45, 2.75) is 0 Å². The van der Waals surface area contributed by atoms with Crippen LogP contribution in [0.15, 0.2) is 121 Å². The summed E-state index contributed by atoms with van der Waals surface area (Å²) in [6.07, 6.45) is 3.73. The van der Waals surface area contributed by atoms with Crippen molar-refractivity contribution in [2.75, 3.05) is 0 Å². The molecule has 1 aromatic heterocycles. The summed E-state index contributed by atoms with van der Waals surface area (Å²) in [6, 6.07) is 34.5. The van der Waals surface area contributed by atoms with Crippen LogP contribution in [0.1, 0.15) is 11.1 Å². The summed E-state index contributed by atoms with van der Waals surface area (Å²) in [5.41, 5.74) is 5.69. The zero-order chi connectivity index (χ0) is 23.9. The van der Waals surface area contributed by atoms with Gasteiger partial charge in [0, 0.05) is 21.7 Å². The van der Waals surface area contributed by atoms with Gasteiger partial charge in [-0.05, 0) is 39.6 Å². The summed E-state index contributed by atoms with van der Waals surface area (Å²) in [6.45, 7) is 8.34. The van der Waals surface area contributed by atoms with Crippen molar-refractivity contribution in [3.63, 3.8) is 0 Å². The first kappa shape index (κ1) is 20.9. The Kier molecular flexibility index (Phi) is 4.93. The number of para-hydroxylation sites is 1. The molecule has 0 fully saturated rings. The lowest BCUT2D eigenvalue weighted by molar-refractivity contribution is 1.07. The number of nitrogens with zero attached hydrogens (tertiary/aromatic N) is 1. The molecule has 166 valence electrons. The van der Waals surface area contributed by atoms with Crippen molar-refractivity contribution in [3.8, 4) is 16.8 Å². The molecule has 2 nitrogen and oxygen atoms in total. The fourth-order valence-electron chi connectivity index (χ4n) is 5.29. The summed E-state index contributed by atoms with van der Waals surface area (Å²) >= 11 is 0. The number of benzene rings is 5. The van der Waals surface area contributed by atoms with E-state index in [-0.39, 0.29) is 5.56 Å². The van der Waals surface area contributed by atoms with Gasteiger partial charge in [0.1, 0.15) is 0 Å². The van der Waals surface area contributed by atoms with E-state index in [0.29, 0.717) is 5.39 Å². The number of hydrogen-bond donors (Lipinski definition) is 0. The van der Waals surface area contributed by atoms with Gasteiger partial charge in [0.25, 0.3) is 5.56 Å². The van der Waals surface area contributed by atoms with Gasteiger partial charge in [0.15, 0.2) is 0 Å². The summed E-state index contributed by atoms with van der Waals surface area (Å²) in [7, 11) is 0. The Balaban J connectivity index is 1.89. The number of pyridine rings is 1. The second kappa shape index (κ2) is 8.27. The molecule has 0 amide bonds. The Bertz CT molecular complexity index is 1840. The van der Waals surface area contributed by atoms with Gasteiger partial charge >= 0.3 is 0 Å². The van der Waals surface area contributed by atoms with Crippen LogP contribution in [0.2, 0.25) is 0 Å². The number of aromatic nitrogens is 1. The van der Waals surface area contributed by atoms with Crippen LogP contribution in [0.4, 0.5) is 0 Å². The van der Waals surface area contributed by atoms with Crippen LogP contribution in [-0.2, 0) is 0 Å². The molecule has 0 radical (unpaired) electrons. The molecule has 0 saturated heterocycles. The topological polar surface area (TPSA) is 22.0 Å². The van der Waals surface area contributed by atoms with Crippen LogP contribution in [0.5, 0.6) is 0 Å². The highest BCUT2D eigenvalue weighted by Gasteiger charge is 2.21. The first-order chi connectivity index (χ1) is 17.2. The van der Waals surface area contributed by atoms with E-state index >= 15 is 0 Å². The van der Waals surface area contributed by atoms with Gasteiger partial charge in [-0.1, -0.05) is 116 Å². The molecular weight excluding hydrogens is 426 g/mol. The predicted molar refractivity (Wildman–Crippen MR) is 150 cm³/mol. The Morgan fingerprint density at radius 3 is 1.77 bits per heavy atom. The molecule has 0 aliphatic carbocycles. The molecule has 0 atom stereocenters. The second-order valence-corrected chi connectivity index (χ2v) is 8.57. The molecule has 0 saturated carbocycles. The fourth-order valence-corrected chi connectivity index (χ4v) is 5.29. The van der Waals surface area contributed by atoms with Crippen molar-refractivity contribution in [1.82, 2.24) is 4.57 Å². The third kappa shape index (κ3) is 3.08. The normalized spacial score (nSPS) is 11.2. The molecule has 35 heavy (non-hydrogen) atoms. The third-order valence-electron chi connectivity index (χ3n) is 6.76. The van der Waals surface area contributed by atoms with E-state index in [9.17, 15) is 4.79 Å². The van der Waals surface area contributed by atoms with Gasteiger partial charge in [-0.3, -0.25) is 9.36 Å². The molecule has 0 spiro atoms. The van der Waals surface area contributed by atoms with Crippen molar-refractivity contribution in [1.29, 1.82) is 0 Å². The first-order valence-electron chi connectivity index (χ1n) is 11.7. The van der Waals surface area contributed by atoms with Crippen LogP contribution in [0.3, 0.4) is 0 Å². The molecule has 0 unspecified atom stereocenters. The summed E-state index contributed by atoms with van der Waals surface area (Å²) in [5.74, 6) is 0. The molecule has 2 heteroatoms. The lowest BCUT2D eigenvalue weighted by atomic mass is 9.87. The molecule has 0 aliphatic rings. The predicted octanol–water partition coefficient (Wildman–Crippen LogP) is 8.25. The molecule has 0 aliphatic heterocycles. The lowest BCUT2D eigenvalue weighted by Crippen LogP contribution is -2.21. The molecule has 0 N–H and O–H groups in total. The van der Waals surface area contributed by atoms with E-state index in [1.54, 1.807) is 0 Å². The maximum atomic E-state index is 14.1. The molecular formula is C33H23NO. The fraction of sp³-hybridized carbons (Fsp3) is 0. The molecule has 6 rings (SSSR count). The molecule has 0 bridgehead atoms. The maximum Gasteiger partial charge on any atom is 0.263 e. The SMILES string of the molecule is C=Cc1c(C=C)c(-n2c(=O)c3ccccc3c3ccccc32)c2ccccc2c1-c1ccccc1. The smallest absolute Gasteiger partial charge is 0.263 e. The minimum Gasteiger partial charge on any atom is -0.275 e. The Hall–Kier alpha value is -4.69. The molecule has 5 aromatic carbocycles. The average Bonchev–Trinajstić information content (AvgIpc) is 2.93. The van der Waals surface area contributed by atoms with Crippen LogP contribution in [-0.4, -0.2) is 4.57 Å². The Labute approximate surface area is 203 Å². The van der Waals surface area contributed by atoms with Gasteiger partial charge < -0.3 is 0 Å². The highest BCUT2D eigenvalue weighted by Crippen LogP contribution is 2.41. The van der Waals surface area contributed by atoms with Gasteiger partial charge in [0.2, 0.25) is 0 Å². The first-order valence-corrected chi connectivity index (χ1v) is 11.7. The van der Waals surface area contributed by atoms with Gasteiger partial charge in [-0.25, -0.2) is 0 Å². The van der Waals surface area contributed by atoms with Crippen molar-refractivity contribution < 1.29 is 0 Å². The zero-order valence-electron chi connectivity index (χ0n) is 19.2. The quantitative estimate of drug-likeness (QED) is 0.248.